The van der Waals surface area contributed by atoms with Crippen molar-refractivity contribution < 1.29 is 17.6 Å². The summed E-state index contributed by atoms with van der Waals surface area (Å²) in [5.41, 5.74) is 6.01. The Kier molecular flexibility index (Phi) is 6.48. The fraction of sp³-hybridized carbons (Fsp3) is 0.167. The highest BCUT2D eigenvalue weighted by Gasteiger charge is 2.22. The van der Waals surface area contributed by atoms with E-state index in [4.69, 9.17) is 4.42 Å². The fourth-order valence-electron chi connectivity index (χ4n) is 4.66. The number of hydrogen-bond acceptors (Lipinski definition) is 4. The highest BCUT2D eigenvalue weighted by molar-refractivity contribution is 7.92. The van der Waals surface area contributed by atoms with E-state index in [1.807, 2.05) is 74.5 Å². The van der Waals surface area contributed by atoms with Gasteiger partial charge in [-0.15, -0.1) is 0 Å². The van der Waals surface area contributed by atoms with Crippen molar-refractivity contribution in [3.8, 4) is 0 Å². The van der Waals surface area contributed by atoms with Gasteiger partial charge < -0.3 is 9.73 Å². The number of aryl methyl sites for hydroxylation is 2. The standard InChI is InChI=1S/C30H28N2O4S/c1-4-22-9-7-8-20(2)29(22)32(37(3,34)35)19-21-12-14-23(15-13-21)30(33)31-24-16-17-26-25-10-5-6-11-27(25)36-28(26)18-24/h5-18H,4,19H2,1-3H3,(H,31,33). The average Bonchev–Trinajstić information content (AvgIpc) is 3.25. The maximum absolute atomic E-state index is 12.9. The molecule has 0 saturated carbocycles. The quantitative estimate of drug-likeness (QED) is 0.264. The van der Waals surface area contributed by atoms with Crippen LogP contribution in [-0.2, 0) is 23.0 Å². The van der Waals surface area contributed by atoms with Gasteiger partial charge in [0.15, 0.2) is 0 Å². The van der Waals surface area contributed by atoms with Gasteiger partial charge in [0.1, 0.15) is 11.2 Å². The Morgan fingerprint density at radius 1 is 0.892 bits per heavy atom. The van der Waals surface area contributed by atoms with Gasteiger partial charge in [0.25, 0.3) is 5.91 Å². The van der Waals surface area contributed by atoms with Crippen LogP contribution in [0.5, 0.6) is 0 Å². The lowest BCUT2D eigenvalue weighted by Gasteiger charge is -2.26. The lowest BCUT2D eigenvalue weighted by Crippen LogP contribution is -2.31. The van der Waals surface area contributed by atoms with Crippen LogP contribution in [-0.4, -0.2) is 20.6 Å². The summed E-state index contributed by atoms with van der Waals surface area (Å²) < 4.78 is 32.8. The smallest absolute Gasteiger partial charge is 0.255 e. The molecule has 0 aliphatic rings. The van der Waals surface area contributed by atoms with E-state index in [0.717, 1.165) is 45.2 Å². The number of para-hydroxylation sites is 2. The van der Waals surface area contributed by atoms with E-state index in [-0.39, 0.29) is 12.5 Å². The molecule has 0 atom stereocenters. The summed E-state index contributed by atoms with van der Waals surface area (Å²) in [5.74, 6) is -0.255. The fourth-order valence-corrected chi connectivity index (χ4v) is 5.63. The van der Waals surface area contributed by atoms with Crippen LogP contribution in [0.25, 0.3) is 21.9 Å². The van der Waals surface area contributed by atoms with E-state index in [9.17, 15) is 13.2 Å². The Morgan fingerprint density at radius 2 is 1.62 bits per heavy atom. The predicted octanol–water partition coefficient (Wildman–Crippen LogP) is 6.68. The van der Waals surface area contributed by atoms with Gasteiger partial charge in [-0.25, -0.2) is 8.42 Å². The first-order chi connectivity index (χ1) is 17.7. The summed E-state index contributed by atoms with van der Waals surface area (Å²) in [5, 5.41) is 4.95. The van der Waals surface area contributed by atoms with Crippen LogP contribution < -0.4 is 9.62 Å². The van der Waals surface area contributed by atoms with Gasteiger partial charge in [0.05, 0.1) is 18.5 Å². The molecule has 188 valence electrons. The van der Waals surface area contributed by atoms with E-state index in [1.54, 1.807) is 24.3 Å². The topological polar surface area (TPSA) is 79.6 Å². The molecule has 4 aromatic carbocycles. The Bertz CT molecular complexity index is 1720. The van der Waals surface area contributed by atoms with Gasteiger partial charge >= 0.3 is 0 Å². The molecule has 1 aromatic heterocycles. The molecular formula is C30H28N2O4S. The molecule has 0 unspecified atom stereocenters. The zero-order chi connectivity index (χ0) is 26.2. The number of carbonyl (C=O) groups is 1. The third-order valence-corrected chi connectivity index (χ3v) is 7.64. The highest BCUT2D eigenvalue weighted by Crippen LogP contribution is 2.31. The van der Waals surface area contributed by atoms with Crippen molar-refractivity contribution in [3.05, 3.63) is 107 Å². The normalized spacial score (nSPS) is 11.6. The van der Waals surface area contributed by atoms with Gasteiger partial charge in [0.2, 0.25) is 10.0 Å². The summed E-state index contributed by atoms with van der Waals surface area (Å²) in [6.07, 6.45) is 1.95. The average molecular weight is 513 g/mol. The molecule has 6 nitrogen and oxygen atoms in total. The van der Waals surface area contributed by atoms with Gasteiger partial charge in [-0.2, -0.15) is 0 Å². The van der Waals surface area contributed by atoms with Crippen LogP contribution in [0.2, 0.25) is 0 Å². The van der Waals surface area contributed by atoms with Crippen LogP contribution in [0.4, 0.5) is 11.4 Å². The molecule has 0 saturated heterocycles. The number of nitrogens with one attached hydrogen (secondary N) is 1. The van der Waals surface area contributed by atoms with Crippen LogP contribution in [0.3, 0.4) is 0 Å². The molecule has 0 bridgehead atoms. The van der Waals surface area contributed by atoms with Crippen molar-refractivity contribution in [1.82, 2.24) is 0 Å². The van der Waals surface area contributed by atoms with Crippen LogP contribution >= 0.6 is 0 Å². The number of amides is 1. The number of hydrogen-bond donors (Lipinski definition) is 1. The molecule has 0 aliphatic heterocycles. The molecule has 0 aliphatic carbocycles. The lowest BCUT2D eigenvalue weighted by atomic mass is 10.1. The molecular weight excluding hydrogens is 484 g/mol. The molecule has 7 heteroatoms. The van der Waals surface area contributed by atoms with Crippen molar-refractivity contribution in [3.63, 3.8) is 0 Å². The van der Waals surface area contributed by atoms with Crippen molar-refractivity contribution in [2.45, 2.75) is 26.8 Å². The SMILES string of the molecule is CCc1cccc(C)c1N(Cc1ccc(C(=O)Nc2ccc3c(c2)oc2ccccc23)cc1)S(C)(=O)=O. The van der Waals surface area contributed by atoms with Gasteiger partial charge in [-0.05, 0) is 60.4 Å². The highest BCUT2D eigenvalue weighted by atomic mass is 32.2. The summed E-state index contributed by atoms with van der Waals surface area (Å²) in [7, 11) is -3.52. The van der Waals surface area contributed by atoms with E-state index in [0.29, 0.717) is 16.8 Å². The van der Waals surface area contributed by atoms with Crippen LogP contribution in [0.15, 0.2) is 89.3 Å². The number of anilines is 2. The largest absolute Gasteiger partial charge is 0.456 e. The lowest BCUT2D eigenvalue weighted by molar-refractivity contribution is 0.102. The number of sulfonamides is 1. The zero-order valence-corrected chi connectivity index (χ0v) is 21.8. The van der Waals surface area contributed by atoms with Crippen molar-refractivity contribution in [2.24, 2.45) is 0 Å². The maximum Gasteiger partial charge on any atom is 0.255 e. The first-order valence-electron chi connectivity index (χ1n) is 12.1. The maximum atomic E-state index is 12.9. The van der Waals surface area contributed by atoms with Gasteiger partial charge in [-0.3, -0.25) is 9.10 Å². The Morgan fingerprint density at radius 3 is 2.35 bits per heavy atom. The summed E-state index contributed by atoms with van der Waals surface area (Å²) in [4.78, 5) is 12.9. The number of fused-ring (bicyclic) bond motifs is 3. The second-order valence-electron chi connectivity index (χ2n) is 9.17. The molecule has 1 amide bonds. The van der Waals surface area contributed by atoms with Crippen molar-refractivity contribution in [2.75, 3.05) is 15.9 Å². The number of carbonyl (C=O) groups excluding carboxylic acids is 1. The van der Waals surface area contributed by atoms with E-state index < -0.39 is 10.0 Å². The number of rotatable bonds is 7. The monoisotopic (exact) mass is 512 g/mol. The Hall–Kier alpha value is -4.10. The molecule has 0 fully saturated rings. The molecule has 37 heavy (non-hydrogen) atoms. The molecule has 5 rings (SSSR count). The summed E-state index contributed by atoms with van der Waals surface area (Å²) >= 11 is 0. The molecule has 1 N–H and O–H groups in total. The van der Waals surface area contributed by atoms with E-state index >= 15 is 0 Å². The number of furan rings is 1. The van der Waals surface area contributed by atoms with Crippen LogP contribution in [0, 0.1) is 6.92 Å². The summed E-state index contributed by atoms with van der Waals surface area (Å²) in [6, 6.07) is 26.3. The van der Waals surface area contributed by atoms with Crippen molar-refractivity contribution in [1.29, 1.82) is 0 Å². The van der Waals surface area contributed by atoms with Gasteiger partial charge in [0, 0.05) is 28.1 Å². The Labute approximate surface area is 216 Å². The molecule has 5 aromatic rings. The van der Waals surface area contributed by atoms with Crippen LogP contribution in [0.1, 0.15) is 34.0 Å². The zero-order valence-electron chi connectivity index (χ0n) is 21.0. The molecule has 0 radical (unpaired) electrons. The second kappa shape index (κ2) is 9.75. The number of nitrogens with zero attached hydrogens (tertiary/aromatic N) is 1. The van der Waals surface area contributed by atoms with E-state index in [2.05, 4.69) is 5.32 Å². The number of benzene rings is 4. The molecule has 1 heterocycles. The molecule has 0 spiro atoms. The second-order valence-corrected chi connectivity index (χ2v) is 11.1. The van der Waals surface area contributed by atoms with E-state index in [1.165, 1.54) is 10.6 Å². The Balaban J connectivity index is 1.36. The first-order valence-corrected chi connectivity index (χ1v) is 14.0. The third kappa shape index (κ3) is 4.95. The van der Waals surface area contributed by atoms with Gasteiger partial charge in [-0.1, -0.05) is 55.5 Å². The first kappa shape index (κ1) is 24.6. The predicted molar refractivity (Wildman–Crippen MR) is 150 cm³/mol. The minimum absolute atomic E-state index is 0.182. The minimum atomic E-state index is -3.52. The van der Waals surface area contributed by atoms with Crippen molar-refractivity contribution >= 4 is 49.2 Å². The minimum Gasteiger partial charge on any atom is -0.456 e. The summed E-state index contributed by atoms with van der Waals surface area (Å²) in [6.45, 7) is 4.11. The third-order valence-electron chi connectivity index (χ3n) is 6.53.